The second-order valence-corrected chi connectivity index (χ2v) is 8.53. The van der Waals surface area contributed by atoms with Gasteiger partial charge in [0.2, 0.25) is 6.41 Å². The van der Waals surface area contributed by atoms with Gasteiger partial charge in [-0.3, -0.25) is 9.69 Å². The van der Waals surface area contributed by atoms with E-state index in [-0.39, 0.29) is 0 Å². The average Bonchev–Trinajstić information content (AvgIpc) is 3.21. The van der Waals surface area contributed by atoms with Crippen LogP contribution in [-0.4, -0.2) is 67.4 Å². The quantitative estimate of drug-likeness (QED) is 0.373. The Balaban J connectivity index is 1.69. The molecule has 2 saturated heterocycles. The lowest BCUT2D eigenvalue weighted by atomic mass is 10.0. The van der Waals surface area contributed by atoms with Crippen LogP contribution in [0.2, 0.25) is 0 Å². The van der Waals surface area contributed by atoms with Crippen LogP contribution < -0.4 is 10.6 Å². The van der Waals surface area contributed by atoms with E-state index in [0.717, 1.165) is 50.0 Å². The molecule has 3 rings (SSSR count). The van der Waals surface area contributed by atoms with E-state index < -0.39 is 0 Å². The van der Waals surface area contributed by atoms with Crippen LogP contribution in [0.3, 0.4) is 0 Å². The molecule has 1 aromatic rings. The van der Waals surface area contributed by atoms with Gasteiger partial charge in [-0.15, -0.1) is 0 Å². The molecule has 0 radical (unpaired) electrons. The van der Waals surface area contributed by atoms with Gasteiger partial charge in [0.1, 0.15) is 5.84 Å². The molecule has 0 aliphatic carbocycles. The van der Waals surface area contributed by atoms with Gasteiger partial charge in [0.25, 0.3) is 0 Å². The molecule has 2 aliphatic heterocycles. The Morgan fingerprint density at radius 3 is 2.67 bits per heavy atom. The lowest BCUT2D eigenvalue weighted by Crippen LogP contribution is -2.46. The molecule has 0 aromatic heterocycles. The van der Waals surface area contributed by atoms with Crippen LogP contribution in [0.25, 0.3) is 0 Å². The zero-order valence-electron chi connectivity index (χ0n) is 18.5. The summed E-state index contributed by atoms with van der Waals surface area (Å²) in [5, 5.41) is 5.95. The van der Waals surface area contributed by atoms with Crippen molar-refractivity contribution < 1.29 is 4.79 Å². The van der Waals surface area contributed by atoms with E-state index in [4.69, 9.17) is 4.99 Å². The van der Waals surface area contributed by atoms with Gasteiger partial charge in [0, 0.05) is 45.0 Å². The first-order valence-corrected chi connectivity index (χ1v) is 11.4. The molecule has 2 unspecified atom stereocenters. The Labute approximate surface area is 181 Å². The summed E-state index contributed by atoms with van der Waals surface area (Å²) in [4.78, 5) is 20.4. The number of nitrogens with one attached hydrogen (secondary N) is 2. The number of amides is 1. The minimum Gasteiger partial charge on any atom is -0.354 e. The highest BCUT2D eigenvalue weighted by molar-refractivity contribution is 5.95. The van der Waals surface area contributed by atoms with Gasteiger partial charge in [-0.1, -0.05) is 32.4 Å². The number of carbonyl (C=O) groups is 1. The normalized spacial score (nSPS) is 21.9. The molecule has 2 N–H and O–H groups in total. The van der Waals surface area contributed by atoms with Crippen LogP contribution in [0.1, 0.15) is 38.7 Å². The van der Waals surface area contributed by atoms with E-state index in [1.807, 2.05) is 6.08 Å². The second kappa shape index (κ2) is 11.9. The summed E-state index contributed by atoms with van der Waals surface area (Å²) in [5.41, 5.74) is 2.33. The van der Waals surface area contributed by atoms with E-state index in [9.17, 15) is 4.79 Å². The summed E-state index contributed by atoms with van der Waals surface area (Å²) in [7, 11) is 0. The first-order chi connectivity index (χ1) is 14.7. The number of likely N-dealkylation sites (tertiary alicyclic amines) is 1. The van der Waals surface area contributed by atoms with Crippen LogP contribution in [0.5, 0.6) is 0 Å². The Morgan fingerprint density at radius 1 is 1.27 bits per heavy atom. The van der Waals surface area contributed by atoms with Crippen molar-refractivity contribution >= 4 is 17.9 Å². The maximum absolute atomic E-state index is 10.6. The number of nitrogens with zero attached hydrogens (tertiary/aromatic N) is 3. The van der Waals surface area contributed by atoms with Gasteiger partial charge >= 0.3 is 0 Å². The van der Waals surface area contributed by atoms with Crippen molar-refractivity contribution in [3.8, 4) is 0 Å². The number of carbonyl (C=O) groups excluding carboxylic acids is 1. The van der Waals surface area contributed by atoms with Crippen molar-refractivity contribution in [1.82, 2.24) is 20.4 Å². The summed E-state index contributed by atoms with van der Waals surface area (Å²) in [6, 6.07) is 9.33. The molecule has 2 fully saturated rings. The highest BCUT2D eigenvalue weighted by Crippen LogP contribution is 2.24. The summed E-state index contributed by atoms with van der Waals surface area (Å²) < 4.78 is 0. The minimum atomic E-state index is 0.642. The van der Waals surface area contributed by atoms with Crippen LogP contribution in [-0.2, 0) is 11.2 Å². The van der Waals surface area contributed by atoms with Crippen LogP contribution >= 0.6 is 0 Å². The van der Waals surface area contributed by atoms with Crippen molar-refractivity contribution in [3.05, 3.63) is 42.1 Å². The standard InChI is InChI=1S/C24H37N5O/c1-3-4-23(29-14-10-20(2)18-29)17-21-5-7-22(8-6-21)27-24(9-11-26-19-30)28-15-12-25-13-16-28/h5-9,11,19-20,23,25H,3-4,10,12-18H2,1-2H3,(H,26,30)/b11-9-,27-24?. The fraction of sp³-hybridized carbons (Fsp3) is 0.583. The highest BCUT2D eigenvalue weighted by Gasteiger charge is 2.25. The zero-order chi connectivity index (χ0) is 21.2. The van der Waals surface area contributed by atoms with Gasteiger partial charge in [-0.2, -0.15) is 0 Å². The first-order valence-electron chi connectivity index (χ1n) is 11.4. The van der Waals surface area contributed by atoms with E-state index in [2.05, 4.69) is 58.5 Å². The second-order valence-electron chi connectivity index (χ2n) is 8.53. The molecule has 1 amide bonds. The lowest BCUT2D eigenvalue weighted by Gasteiger charge is -2.29. The van der Waals surface area contributed by atoms with E-state index in [1.165, 1.54) is 37.9 Å². The molecule has 6 nitrogen and oxygen atoms in total. The molecule has 0 spiro atoms. The highest BCUT2D eigenvalue weighted by atomic mass is 16.1. The zero-order valence-corrected chi connectivity index (χ0v) is 18.5. The fourth-order valence-corrected chi connectivity index (χ4v) is 4.43. The van der Waals surface area contributed by atoms with Gasteiger partial charge in [0.15, 0.2) is 0 Å². The maximum Gasteiger partial charge on any atom is 0.211 e. The van der Waals surface area contributed by atoms with Crippen LogP contribution in [0.4, 0.5) is 5.69 Å². The monoisotopic (exact) mass is 411 g/mol. The van der Waals surface area contributed by atoms with Crippen LogP contribution in [0, 0.1) is 5.92 Å². The van der Waals surface area contributed by atoms with E-state index in [0.29, 0.717) is 12.5 Å². The topological polar surface area (TPSA) is 60.0 Å². The molecule has 30 heavy (non-hydrogen) atoms. The SMILES string of the molecule is CCCC(Cc1ccc(N=C(/C=C\NC=O)N2CCNCC2)cc1)N1CCC(C)C1. The van der Waals surface area contributed by atoms with Gasteiger partial charge in [-0.25, -0.2) is 4.99 Å². The molecule has 2 atom stereocenters. The minimum absolute atomic E-state index is 0.642. The largest absolute Gasteiger partial charge is 0.354 e. The van der Waals surface area contributed by atoms with E-state index in [1.54, 1.807) is 6.20 Å². The van der Waals surface area contributed by atoms with Crippen molar-refractivity contribution in [2.45, 2.75) is 45.6 Å². The van der Waals surface area contributed by atoms with Gasteiger partial charge in [0.05, 0.1) is 5.69 Å². The van der Waals surface area contributed by atoms with Gasteiger partial charge in [-0.05, 0) is 55.5 Å². The molecule has 6 heteroatoms. The number of hydrogen-bond donors (Lipinski definition) is 2. The number of hydrogen-bond acceptors (Lipinski definition) is 4. The molecular formula is C24H37N5O. The van der Waals surface area contributed by atoms with Crippen molar-refractivity contribution in [1.29, 1.82) is 0 Å². The molecule has 2 heterocycles. The Bertz CT molecular complexity index is 709. The summed E-state index contributed by atoms with van der Waals surface area (Å²) >= 11 is 0. The molecular weight excluding hydrogens is 374 g/mol. The number of amidine groups is 1. The molecule has 1 aromatic carbocycles. The molecule has 164 valence electrons. The molecule has 2 aliphatic rings. The van der Waals surface area contributed by atoms with Crippen molar-refractivity contribution in [2.75, 3.05) is 39.3 Å². The average molecular weight is 412 g/mol. The fourth-order valence-electron chi connectivity index (χ4n) is 4.43. The Hall–Kier alpha value is -2.18. The lowest BCUT2D eigenvalue weighted by molar-refractivity contribution is -0.108. The number of aliphatic imine (C=N–C) groups is 1. The number of piperazine rings is 1. The van der Waals surface area contributed by atoms with E-state index >= 15 is 0 Å². The maximum atomic E-state index is 10.6. The summed E-state index contributed by atoms with van der Waals surface area (Å²) in [6.07, 6.45) is 9.12. The third kappa shape index (κ3) is 6.67. The first kappa shape index (κ1) is 22.5. The predicted molar refractivity (Wildman–Crippen MR) is 124 cm³/mol. The van der Waals surface area contributed by atoms with Crippen LogP contribution in [0.15, 0.2) is 41.5 Å². The number of benzene rings is 1. The summed E-state index contributed by atoms with van der Waals surface area (Å²) in [6.45, 7) is 10.8. The molecule has 0 saturated carbocycles. The van der Waals surface area contributed by atoms with Gasteiger partial charge < -0.3 is 15.5 Å². The number of rotatable bonds is 9. The van der Waals surface area contributed by atoms with Crippen molar-refractivity contribution in [2.24, 2.45) is 10.9 Å². The third-order valence-corrected chi connectivity index (χ3v) is 6.08. The summed E-state index contributed by atoms with van der Waals surface area (Å²) in [5.74, 6) is 1.71. The third-order valence-electron chi connectivity index (χ3n) is 6.08. The predicted octanol–water partition coefficient (Wildman–Crippen LogP) is 2.93. The molecule has 0 bridgehead atoms. The smallest absolute Gasteiger partial charge is 0.211 e. The Morgan fingerprint density at radius 2 is 2.03 bits per heavy atom. The van der Waals surface area contributed by atoms with Crippen molar-refractivity contribution in [3.63, 3.8) is 0 Å². The Kier molecular flexibility index (Phi) is 8.90.